The van der Waals surface area contributed by atoms with Gasteiger partial charge in [0, 0.05) is 61.8 Å². The molecule has 172 valence electrons. The Morgan fingerprint density at radius 1 is 0.970 bits per heavy atom. The molecule has 0 bridgehead atoms. The molecule has 2 aromatic heterocycles. The number of anilines is 1. The molecule has 0 unspecified atom stereocenters. The van der Waals surface area contributed by atoms with Gasteiger partial charge in [-0.05, 0) is 37.7 Å². The van der Waals surface area contributed by atoms with Crippen molar-refractivity contribution < 1.29 is 14.2 Å². The maximum Gasteiger partial charge on any atom is 0.220 e. The Labute approximate surface area is 193 Å². The third kappa shape index (κ3) is 4.44. The van der Waals surface area contributed by atoms with E-state index in [-0.39, 0.29) is 6.10 Å². The fourth-order valence-corrected chi connectivity index (χ4v) is 5.09. The maximum atomic E-state index is 6.55. The zero-order valence-electron chi connectivity index (χ0n) is 18.8. The van der Waals surface area contributed by atoms with Gasteiger partial charge in [-0.15, -0.1) is 0 Å². The monoisotopic (exact) mass is 447 g/mol. The van der Waals surface area contributed by atoms with Crippen LogP contribution in [0.2, 0.25) is 0 Å². The summed E-state index contributed by atoms with van der Waals surface area (Å²) >= 11 is 0. The van der Waals surface area contributed by atoms with Crippen LogP contribution in [0, 0.1) is 5.92 Å². The van der Waals surface area contributed by atoms with E-state index < -0.39 is 0 Å². The molecule has 1 saturated carbocycles. The molecule has 6 rings (SSSR count). The molecule has 4 heterocycles. The predicted molar refractivity (Wildman–Crippen MR) is 124 cm³/mol. The maximum absolute atomic E-state index is 6.55. The van der Waals surface area contributed by atoms with E-state index in [1.165, 1.54) is 0 Å². The van der Waals surface area contributed by atoms with Crippen LogP contribution in [-0.2, 0) is 17.6 Å². The Kier molecular flexibility index (Phi) is 5.68. The average molecular weight is 448 g/mol. The van der Waals surface area contributed by atoms with E-state index in [4.69, 9.17) is 14.2 Å². The lowest BCUT2D eigenvalue weighted by molar-refractivity contribution is 0.122. The lowest BCUT2D eigenvalue weighted by atomic mass is 9.85. The molecule has 8 nitrogen and oxygen atoms in total. The summed E-state index contributed by atoms with van der Waals surface area (Å²) in [5.74, 6) is 3.11. The molecule has 1 aromatic carbocycles. The summed E-state index contributed by atoms with van der Waals surface area (Å²) in [7, 11) is 0. The van der Waals surface area contributed by atoms with Crippen molar-refractivity contribution in [3.05, 3.63) is 42.1 Å². The van der Waals surface area contributed by atoms with Crippen LogP contribution in [0.1, 0.15) is 37.1 Å². The van der Waals surface area contributed by atoms with E-state index in [9.17, 15) is 0 Å². The Morgan fingerprint density at radius 2 is 1.82 bits per heavy atom. The van der Waals surface area contributed by atoms with E-state index in [0.29, 0.717) is 5.92 Å². The van der Waals surface area contributed by atoms with Crippen LogP contribution in [0.5, 0.6) is 11.6 Å². The third-order valence-corrected chi connectivity index (χ3v) is 6.94. The first kappa shape index (κ1) is 20.6. The van der Waals surface area contributed by atoms with E-state index >= 15 is 0 Å². The minimum absolute atomic E-state index is 0.190. The molecule has 0 radical (unpaired) electrons. The van der Waals surface area contributed by atoms with E-state index in [0.717, 1.165) is 111 Å². The highest BCUT2D eigenvalue weighted by Gasteiger charge is 2.26. The number of fused-ring (bicyclic) bond motifs is 2. The van der Waals surface area contributed by atoms with E-state index in [1.807, 2.05) is 6.20 Å². The topological polar surface area (TPSA) is 82.5 Å². The number of hydrogen-bond acceptors (Lipinski definition) is 8. The first-order chi connectivity index (χ1) is 16.3. The fourth-order valence-electron chi connectivity index (χ4n) is 5.09. The number of benzene rings is 1. The lowest BCUT2D eigenvalue weighted by Gasteiger charge is -2.31. The van der Waals surface area contributed by atoms with E-state index in [2.05, 4.69) is 37.0 Å². The Morgan fingerprint density at radius 3 is 2.70 bits per heavy atom. The Bertz CT molecular complexity index is 1130. The number of morpholine rings is 1. The van der Waals surface area contributed by atoms with Gasteiger partial charge in [-0.2, -0.15) is 4.98 Å². The molecular formula is C25H29N5O3. The van der Waals surface area contributed by atoms with Gasteiger partial charge >= 0.3 is 0 Å². The molecule has 0 N–H and O–H groups in total. The lowest BCUT2D eigenvalue weighted by Crippen LogP contribution is -2.36. The van der Waals surface area contributed by atoms with Gasteiger partial charge in [-0.25, -0.2) is 9.97 Å². The van der Waals surface area contributed by atoms with Crippen LogP contribution in [0.4, 0.5) is 5.69 Å². The van der Waals surface area contributed by atoms with Gasteiger partial charge in [0.1, 0.15) is 17.1 Å². The van der Waals surface area contributed by atoms with Gasteiger partial charge in [-0.3, -0.25) is 4.98 Å². The summed E-state index contributed by atoms with van der Waals surface area (Å²) in [4.78, 5) is 20.7. The van der Waals surface area contributed by atoms with Crippen molar-refractivity contribution in [3.8, 4) is 11.6 Å². The van der Waals surface area contributed by atoms with Crippen LogP contribution < -0.4 is 14.4 Å². The van der Waals surface area contributed by atoms with Gasteiger partial charge in [0.25, 0.3) is 0 Å². The standard InChI is InChI=1S/C25H29N5O3/c1-3-20(4-2-17(1)13-23-28-16-18-5-10-32-25(18)29-23)33-22-15-19(30-8-11-31-12-9-30)14-21-24(22)27-7-6-26-21/h6-7,14-17,20H,1-5,8-13H2. The second kappa shape index (κ2) is 9.09. The summed E-state index contributed by atoms with van der Waals surface area (Å²) < 4.78 is 17.7. The predicted octanol–water partition coefficient (Wildman–Crippen LogP) is 3.37. The van der Waals surface area contributed by atoms with Crippen molar-refractivity contribution >= 4 is 16.7 Å². The van der Waals surface area contributed by atoms with Crippen molar-refractivity contribution in [1.82, 2.24) is 19.9 Å². The molecule has 8 heteroatoms. The quantitative estimate of drug-likeness (QED) is 0.589. The van der Waals surface area contributed by atoms with Crippen molar-refractivity contribution in [2.45, 2.75) is 44.6 Å². The molecule has 1 saturated heterocycles. The van der Waals surface area contributed by atoms with Crippen molar-refractivity contribution in [1.29, 1.82) is 0 Å². The largest absolute Gasteiger partial charge is 0.488 e. The minimum atomic E-state index is 0.190. The summed E-state index contributed by atoms with van der Waals surface area (Å²) in [6, 6.07) is 4.24. The smallest absolute Gasteiger partial charge is 0.220 e. The van der Waals surface area contributed by atoms with Gasteiger partial charge in [0.15, 0.2) is 0 Å². The highest BCUT2D eigenvalue weighted by Crippen LogP contribution is 2.34. The van der Waals surface area contributed by atoms with Crippen LogP contribution in [0.25, 0.3) is 11.0 Å². The molecular weight excluding hydrogens is 418 g/mol. The molecule has 33 heavy (non-hydrogen) atoms. The summed E-state index contributed by atoms with van der Waals surface area (Å²) in [5.41, 5.74) is 3.97. The van der Waals surface area contributed by atoms with Gasteiger partial charge in [-0.1, -0.05) is 0 Å². The number of hydrogen-bond donors (Lipinski definition) is 0. The zero-order valence-corrected chi connectivity index (χ0v) is 18.8. The van der Waals surface area contributed by atoms with Gasteiger partial charge in [0.2, 0.25) is 5.88 Å². The van der Waals surface area contributed by atoms with Crippen LogP contribution in [0.3, 0.4) is 0 Å². The van der Waals surface area contributed by atoms with Gasteiger partial charge < -0.3 is 19.1 Å². The van der Waals surface area contributed by atoms with Crippen molar-refractivity contribution in [2.75, 3.05) is 37.8 Å². The molecule has 3 aliphatic rings. The second-order valence-corrected chi connectivity index (χ2v) is 9.15. The molecule has 0 amide bonds. The number of aromatic nitrogens is 4. The van der Waals surface area contributed by atoms with Crippen molar-refractivity contribution in [2.24, 2.45) is 5.92 Å². The summed E-state index contributed by atoms with van der Waals surface area (Å²) in [6.07, 6.45) is 11.7. The normalized spacial score (nSPS) is 22.7. The SMILES string of the molecule is c1cnc2c(OC3CCC(Cc4ncc5c(n4)OCC5)CC3)cc(N3CCOCC3)cc2n1. The fraction of sp³-hybridized carbons (Fsp3) is 0.520. The number of nitrogens with zero attached hydrogens (tertiary/aromatic N) is 5. The average Bonchev–Trinajstić information content (AvgIpc) is 3.34. The molecule has 0 spiro atoms. The highest BCUT2D eigenvalue weighted by atomic mass is 16.5. The molecule has 2 aliphatic heterocycles. The first-order valence-corrected chi connectivity index (χ1v) is 12.0. The summed E-state index contributed by atoms with van der Waals surface area (Å²) in [6.45, 7) is 3.98. The van der Waals surface area contributed by atoms with Crippen LogP contribution >= 0.6 is 0 Å². The molecule has 0 atom stereocenters. The molecule has 1 aliphatic carbocycles. The van der Waals surface area contributed by atoms with Crippen LogP contribution in [0.15, 0.2) is 30.7 Å². The first-order valence-electron chi connectivity index (χ1n) is 12.0. The number of ether oxygens (including phenoxy) is 3. The highest BCUT2D eigenvalue weighted by molar-refractivity contribution is 5.85. The van der Waals surface area contributed by atoms with Crippen LogP contribution in [-0.4, -0.2) is 59.0 Å². The Hall–Kier alpha value is -3.00. The van der Waals surface area contributed by atoms with Gasteiger partial charge in [0.05, 0.1) is 31.4 Å². The second-order valence-electron chi connectivity index (χ2n) is 9.15. The number of rotatable bonds is 5. The third-order valence-electron chi connectivity index (χ3n) is 6.94. The van der Waals surface area contributed by atoms with E-state index in [1.54, 1.807) is 12.4 Å². The Balaban J connectivity index is 1.13. The van der Waals surface area contributed by atoms with Crippen molar-refractivity contribution in [3.63, 3.8) is 0 Å². The zero-order chi connectivity index (χ0) is 22.0. The summed E-state index contributed by atoms with van der Waals surface area (Å²) in [5, 5.41) is 0. The molecule has 2 fully saturated rings. The molecule has 3 aromatic rings. The minimum Gasteiger partial charge on any atom is -0.488 e.